The highest BCUT2D eigenvalue weighted by molar-refractivity contribution is 8.14. The number of carbonyl (C=O) groups excluding carboxylic acids is 2. The molecule has 2 N–H and O–H groups in total. The number of thioether (sulfide) groups is 2. The van der Waals surface area contributed by atoms with Crippen LogP contribution in [0.4, 0.5) is 0 Å². The van der Waals surface area contributed by atoms with Gasteiger partial charge in [0.25, 0.3) is 5.91 Å². The lowest BCUT2D eigenvalue weighted by atomic mass is 10.2. The molecule has 0 radical (unpaired) electrons. The molecule has 2 aliphatic rings. The zero-order chi connectivity index (χ0) is 20.9. The van der Waals surface area contributed by atoms with E-state index >= 15 is 0 Å². The second kappa shape index (κ2) is 9.39. The van der Waals surface area contributed by atoms with E-state index in [0.717, 1.165) is 12.3 Å². The van der Waals surface area contributed by atoms with Gasteiger partial charge in [-0.25, -0.2) is 0 Å². The zero-order valence-corrected chi connectivity index (χ0v) is 17.8. The Balaban J connectivity index is 1.32. The normalized spacial score (nSPS) is 14.5. The molecule has 10 nitrogen and oxygen atoms in total. The third-order valence-electron chi connectivity index (χ3n) is 4.32. The molecule has 158 valence electrons. The van der Waals surface area contributed by atoms with Gasteiger partial charge in [0.2, 0.25) is 12.7 Å². The van der Waals surface area contributed by atoms with Crippen molar-refractivity contribution in [3.05, 3.63) is 29.6 Å². The molecule has 0 unspecified atom stereocenters. The van der Waals surface area contributed by atoms with E-state index in [1.165, 1.54) is 23.5 Å². The summed E-state index contributed by atoms with van der Waals surface area (Å²) in [5.41, 5.74) is 0.473. The highest BCUT2D eigenvalue weighted by atomic mass is 32.2. The Hall–Kier alpha value is -2.73. The van der Waals surface area contributed by atoms with Crippen molar-refractivity contribution in [2.24, 2.45) is 4.99 Å². The van der Waals surface area contributed by atoms with Crippen LogP contribution in [0.15, 0.2) is 28.3 Å². The third kappa shape index (κ3) is 4.70. The van der Waals surface area contributed by atoms with Crippen LogP contribution in [0, 0.1) is 0 Å². The minimum absolute atomic E-state index is 0.128. The van der Waals surface area contributed by atoms with Crippen molar-refractivity contribution in [3.8, 4) is 11.5 Å². The van der Waals surface area contributed by atoms with Crippen LogP contribution in [-0.4, -0.2) is 56.6 Å². The maximum atomic E-state index is 12.5. The van der Waals surface area contributed by atoms with Gasteiger partial charge in [-0.1, -0.05) is 23.5 Å². The molecule has 0 bridgehead atoms. The smallest absolute Gasteiger partial charge is 0.251 e. The number of ether oxygens (including phenoxy) is 2. The first-order valence-electron chi connectivity index (χ1n) is 9.34. The molecule has 12 heteroatoms. The molecule has 0 saturated heterocycles. The minimum atomic E-state index is -0.248. The molecule has 1 aromatic heterocycles. The van der Waals surface area contributed by atoms with Crippen LogP contribution in [0.25, 0.3) is 0 Å². The van der Waals surface area contributed by atoms with Gasteiger partial charge in [-0.2, -0.15) is 0 Å². The summed E-state index contributed by atoms with van der Waals surface area (Å²) in [7, 11) is 0. The molecule has 0 saturated carbocycles. The number of amidine groups is 1. The summed E-state index contributed by atoms with van der Waals surface area (Å²) in [6.45, 7) is 3.69. The summed E-state index contributed by atoms with van der Waals surface area (Å²) in [4.78, 5) is 28.7. The molecule has 2 aromatic rings. The first-order chi connectivity index (χ1) is 14.6. The summed E-state index contributed by atoms with van der Waals surface area (Å²) < 4.78 is 12.4. The van der Waals surface area contributed by atoms with Crippen LogP contribution < -0.4 is 20.1 Å². The molecule has 2 amide bonds. The number of aromatic nitrogens is 3. The van der Waals surface area contributed by atoms with Crippen molar-refractivity contribution in [3.63, 3.8) is 0 Å². The van der Waals surface area contributed by atoms with Crippen LogP contribution in [-0.2, 0) is 17.9 Å². The number of hydrogen-bond acceptors (Lipinski definition) is 9. The summed E-state index contributed by atoms with van der Waals surface area (Å²) >= 11 is 2.84. The number of nitrogens with one attached hydrogen (secondary N) is 2. The molecule has 0 fully saturated rings. The second-order valence-corrected chi connectivity index (χ2v) is 8.29. The Kier molecular flexibility index (Phi) is 6.43. The van der Waals surface area contributed by atoms with E-state index in [1.807, 2.05) is 11.5 Å². The van der Waals surface area contributed by atoms with Crippen LogP contribution in [0.2, 0.25) is 0 Å². The molecule has 0 spiro atoms. The molecule has 1 aromatic carbocycles. The van der Waals surface area contributed by atoms with Gasteiger partial charge in [0.05, 0.1) is 18.8 Å². The van der Waals surface area contributed by atoms with Crippen molar-refractivity contribution >= 4 is 40.5 Å². The topological polar surface area (TPSA) is 120 Å². The summed E-state index contributed by atoms with van der Waals surface area (Å²) in [6.07, 6.45) is 0. The van der Waals surface area contributed by atoms with Crippen molar-refractivity contribution in [1.82, 2.24) is 25.4 Å². The predicted octanol–water partition coefficient (Wildman–Crippen LogP) is 1.27. The number of amides is 2. The van der Waals surface area contributed by atoms with Gasteiger partial charge in [-0.3, -0.25) is 14.6 Å². The van der Waals surface area contributed by atoms with Crippen LogP contribution in [0.5, 0.6) is 11.5 Å². The van der Waals surface area contributed by atoms with Gasteiger partial charge in [-0.05, 0) is 25.1 Å². The molecule has 0 aliphatic carbocycles. The lowest BCUT2D eigenvalue weighted by Gasteiger charge is -2.09. The van der Waals surface area contributed by atoms with Crippen molar-refractivity contribution in [2.75, 3.05) is 24.8 Å². The van der Waals surface area contributed by atoms with Gasteiger partial charge in [0.15, 0.2) is 27.6 Å². The lowest BCUT2D eigenvalue weighted by molar-refractivity contribution is -0.117. The fourth-order valence-electron chi connectivity index (χ4n) is 2.87. The SMILES string of the molecule is CCn1c(CNC(=O)c2ccc3c(c2)OCO3)nnc1SCC(=O)NC1=NCCS1. The number of fused-ring (bicyclic) bond motifs is 1. The van der Waals surface area contributed by atoms with Crippen LogP contribution in [0.3, 0.4) is 0 Å². The number of benzene rings is 1. The van der Waals surface area contributed by atoms with E-state index in [1.54, 1.807) is 18.2 Å². The number of aliphatic imine (C=N–C) groups is 1. The Labute approximate surface area is 181 Å². The molecular formula is C18H20N6O4S2. The highest BCUT2D eigenvalue weighted by Gasteiger charge is 2.18. The van der Waals surface area contributed by atoms with E-state index in [-0.39, 0.29) is 30.9 Å². The minimum Gasteiger partial charge on any atom is -0.454 e. The van der Waals surface area contributed by atoms with E-state index in [9.17, 15) is 9.59 Å². The third-order valence-corrected chi connectivity index (χ3v) is 6.17. The monoisotopic (exact) mass is 448 g/mol. The van der Waals surface area contributed by atoms with Crippen molar-refractivity contribution < 1.29 is 19.1 Å². The first kappa shape index (κ1) is 20.5. The summed E-state index contributed by atoms with van der Waals surface area (Å²) in [5, 5.41) is 15.3. The summed E-state index contributed by atoms with van der Waals surface area (Å²) in [6, 6.07) is 5.04. The molecule has 0 atom stereocenters. The van der Waals surface area contributed by atoms with Gasteiger partial charge < -0.3 is 24.7 Å². The average molecular weight is 449 g/mol. The lowest BCUT2D eigenvalue weighted by Crippen LogP contribution is -2.29. The van der Waals surface area contributed by atoms with Crippen molar-refractivity contribution in [2.45, 2.75) is 25.2 Å². The zero-order valence-electron chi connectivity index (χ0n) is 16.2. The molecular weight excluding hydrogens is 428 g/mol. The quantitative estimate of drug-likeness (QED) is 0.608. The van der Waals surface area contributed by atoms with E-state index in [0.29, 0.717) is 39.8 Å². The Morgan fingerprint density at radius 1 is 1.27 bits per heavy atom. The van der Waals surface area contributed by atoms with Crippen LogP contribution >= 0.6 is 23.5 Å². The Morgan fingerprint density at radius 2 is 2.13 bits per heavy atom. The molecule has 3 heterocycles. The largest absolute Gasteiger partial charge is 0.454 e. The second-order valence-electron chi connectivity index (χ2n) is 6.27. The number of nitrogens with zero attached hydrogens (tertiary/aromatic N) is 4. The molecule has 4 rings (SSSR count). The standard InChI is InChI=1S/C18H20N6O4S2/c1-2-24-14(8-20-16(26)11-3-4-12-13(7-11)28-10-27-12)22-23-18(24)30-9-15(25)21-17-19-5-6-29-17/h3-4,7H,2,5-6,8-10H2,1H3,(H,20,26)(H,19,21,25). The number of rotatable bonds is 7. The molecule has 2 aliphatic heterocycles. The Morgan fingerprint density at radius 3 is 2.93 bits per heavy atom. The van der Waals surface area contributed by atoms with Gasteiger partial charge in [0.1, 0.15) is 0 Å². The molecule has 30 heavy (non-hydrogen) atoms. The van der Waals surface area contributed by atoms with E-state index < -0.39 is 0 Å². The fraction of sp³-hybridized carbons (Fsp3) is 0.389. The first-order valence-corrected chi connectivity index (χ1v) is 11.3. The van der Waals surface area contributed by atoms with E-state index in [4.69, 9.17) is 9.47 Å². The maximum Gasteiger partial charge on any atom is 0.251 e. The predicted molar refractivity (Wildman–Crippen MR) is 113 cm³/mol. The average Bonchev–Trinajstić information content (AvgIpc) is 3.50. The van der Waals surface area contributed by atoms with Gasteiger partial charge in [0, 0.05) is 17.9 Å². The fourth-order valence-corrected chi connectivity index (χ4v) is 4.44. The summed E-state index contributed by atoms with van der Waals surface area (Å²) in [5.74, 6) is 2.53. The van der Waals surface area contributed by atoms with Crippen molar-refractivity contribution in [1.29, 1.82) is 0 Å². The maximum absolute atomic E-state index is 12.5. The van der Waals surface area contributed by atoms with Gasteiger partial charge in [-0.15, -0.1) is 10.2 Å². The Bertz CT molecular complexity index is 993. The number of carbonyl (C=O) groups is 2. The van der Waals surface area contributed by atoms with Crippen LogP contribution in [0.1, 0.15) is 23.1 Å². The highest BCUT2D eigenvalue weighted by Crippen LogP contribution is 2.32. The van der Waals surface area contributed by atoms with Gasteiger partial charge >= 0.3 is 0 Å². The van der Waals surface area contributed by atoms with E-state index in [2.05, 4.69) is 25.8 Å². The number of hydrogen-bond donors (Lipinski definition) is 2.